The van der Waals surface area contributed by atoms with E-state index in [4.69, 9.17) is 9.47 Å². The predicted molar refractivity (Wildman–Crippen MR) is 109 cm³/mol. The van der Waals surface area contributed by atoms with E-state index in [0.29, 0.717) is 18.5 Å². The number of ether oxygens (including phenoxy) is 2. The number of nitrogens with one attached hydrogen (secondary N) is 1. The van der Waals surface area contributed by atoms with Gasteiger partial charge in [-0.3, -0.25) is 9.69 Å². The van der Waals surface area contributed by atoms with Crippen LogP contribution in [0.1, 0.15) is 16.8 Å². The number of amides is 1. The number of hydrogen-bond donors (Lipinski definition) is 1. The van der Waals surface area contributed by atoms with Gasteiger partial charge in [0.2, 0.25) is 0 Å². The predicted octanol–water partition coefficient (Wildman–Crippen LogP) is 2.82. The zero-order valence-corrected chi connectivity index (χ0v) is 16.2. The third-order valence-corrected chi connectivity index (χ3v) is 5.75. The van der Waals surface area contributed by atoms with Gasteiger partial charge in [-0.1, -0.05) is 48.5 Å². The van der Waals surface area contributed by atoms with Crippen LogP contribution in [-0.2, 0) is 9.47 Å². The molecule has 0 aliphatic carbocycles. The Labute approximate surface area is 166 Å². The number of rotatable bonds is 6. The lowest BCUT2D eigenvalue weighted by atomic mass is 9.96. The van der Waals surface area contributed by atoms with Gasteiger partial charge in [-0.25, -0.2) is 0 Å². The van der Waals surface area contributed by atoms with Crippen molar-refractivity contribution in [2.24, 2.45) is 5.92 Å². The molecule has 2 aromatic rings. The molecule has 5 heteroatoms. The van der Waals surface area contributed by atoms with Crippen LogP contribution in [0.5, 0.6) is 0 Å². The fraction of sp³-hybridized carbons (Fsp3) is 0.435. The molecule has 0 radical (unpaired) electrons. The van der Waals surface area contributed by atoms with E-state index >= 15 is 0 Å². The maximum absolute atomic E-state index is 13.1. The Bertz CT molecular complexity index is 768. The monoisotopic (exact) mass is 380 g/mol. The van der Waals surface area contributed by atoms with E-state index < -0.39 is 0 Å². The first-order chi connectivity index (χ1) is 13.8. The minimum atomic E-state index is -0.0170. The van der Waals surface area contributed by atoms with Crippen LogP contribution in [0.3, 0.4) is 0 Å². The normalized spacial score (nSPS) is 21.4. The number of carbonyl (C=O) groups excluding carboxylic acids is 1. The van der Waals surface area contributed by atoms with Gasteiger partial charge in [0.15, 0.2) is 0 Å². The van der Waals surface area contributed by atoms with Crippen LogP contribution in [0.15, 0.2) is 54.6 Å². The molecular formula is C23H28N2O3. The van der Waals surface area contributed by atoms with Crippen molar-refractivity contribution in [1.29, 1.82) is 0 Å². The van der Waals surface area contributed by atoms with Crippen LogP contribution in [0.25, 0.3) is 11.1 Å². The molecule has 2 atom stereocenters. The van der Waals surface area contributed by atoms with Crippen molar-refractivity contribution in [3.05, 3.63) is 60.2 Å². The Hall–Kier alpha value is -2.21. The molecule has 0 aromatic heterocycles. The third-order valence-electron chi connectivity index (χ3n) is 5.75. The standard InChI is InChI=1S/C23H28N2O3/c26-23(21-9-5-4-8-20(21)18-6-2-1-3-7-18)24-16-22(19-10-13-28-17-19)25-11-14-27-15-12-25/h1-9,19,22H,10-17H2,(H,24,26)/t19-,22+/m0/s1. The van der Waals surface area contributed by atoms with Crippen molar-refractivity contribution < 1.29 is 14.3 Å². The molecule has 0 unspecified atom stereocenters. The highest BCUT2D eigenvalue weighted by atomic mass is 16.5. The molecule has 2 heterocycles. The van der Waals surface area contributed by atoms with Crippen LogP contribution in [-0.4, -0.2) is 62.9 Å². The quantitative estimate of drug-likeness (QED) is 0.837. The Morgan fingerprint density at radius 2 is 1.75 bits per heavy atom. The third kappa shape index (κ3) is 4.43. The average Bonchev–Trinajstić information content (AvgIpc) is 3.30. The first kappa shape index (κ1) is 19.1. The molecule has 4 rings (SSSR count). The maximum Gasteiger partial charge on any atom is 0.251 e. The van der Waals surface area contributed by atoms with E-state index in [-0.39, 0.29) is 5.91 Å². The summed E-state index contributed by atoms with van der Waals surface area (Å²) in [6.07, 6.45) is 1.05. The lowest BCUT2D eigenvalue weighted by Gasteiger charge is -2.37. The summed E-state index contributed by atoms with van der Waals surface area (Å²) < 4.78 is 11.1. The molecule has 0 spiro atoms. The van der Waals surface area contributed by atoms with Gasteiger partial charge in [0.25, 0.3) is 5.91 Å². The number of hydrogen-bond acceptors (Lipinski definition) is 4. The van der Waals surface area contributed by atoms with Crippen LogP contribution in [0.4, 0.5) is 0 Å². The lowest BCUT2D eigenvalue weighted by Crippen LogP contribution is -2.52. The Morgan fingerprint density at radius 3 is 2.50 bits per heavy atom. The van der Waals surface area contributed by atoms with Gasteiger partial charge in [0, 0.05) is 43.8 Å². The van der Waals surface area contributed by atoms with E-state index in [2.05, 4.69) is 10.2 Å². The van der Waals surface area contributed by atoms with Gasteiger partial charge >= 0.3 is 0 Å². The fourth-order valence-electron chi connectivity index (χ4n) is 4.20. The molecule has 2 aromatic carbocycles. The number of nitrogens with zero attached hydrogens (tertiary/aromatic N) is 1. The highest BCUT2D eigenvalue weighted by Gasteiger charge is 2.32. The summed E-state index contributed by atoms with van der Waals surface area (Å²) >= 11 is 0. The molecule has 2 aliphatic heterocycles. The number of benzene rings is 2. The molecule has 0 saturated carbocycles. The van der Waals surface area contributed by atoms with Gasteiger partial charge in [0.1, 0.15) is 0 Å². The average molecular weight is 380 g/mol. The van der Waals surface area contributed by atoms with Crippen molar-refractivity contribution in [2.45, 2.75) is 12.5 Å². The molecule has 2 aliphatic rings. The van der Waals surface area contributed by atoms with Crippen LogP contribution in [0.2, 0.25) is 0 Å². The van der Waals surface area contributed by atoms with Crippen LogP contribution >= 0.6 is 0 Å². The van der Waals surface area contributed by atoms with Gasteiger partial charge < -0.3 is 14.8 Å². The zero-order valence-electron chi connectivity index (χ0n) is 16.2. The Balaban J connectivity index is 1.48. The van der Waals surface area contributed by atoms with E-state index in [1.54, 1.807) is 0 Å². The topological polar surface area (TPSA) is 50.8 Å². The molecule has 28 heavy (non-hydrogen) atoms. The van der Waals surface area contributed by atoms with E-state index in [1.807, 2.05) is 54.6 Å². The molecule has 1 N–H and O–H groups in total. The fourth-order valence-corrected chi connectivity index (χ4v) is 4.20. The second-order valence-electron chi connectivity index (χ2n) is 7.46. The van der Waals surface area contributed by atoms with Crippen molar-refractivity contribution in [3.63, 3.8) is 0 Å². The minimum Gasteiger partial charge on any atom is -0.381 e. The maximum atomic E-state index is 13.1. The summed E-state index contributed by atoms with van der Waals surface area (Å²) in [5, 5.41) is 3.21. The van der Waals surface area contributed by atoms with Crippen molar-refractivity contribution in [2.75, 3.05) is 46.1 Å². The van der Waals surface area contributed by atoms with Gasteiger partial charge in [0.05, 0.1) is 19.8 Å². The van der Waals surface area contributed by atoms with Crippen LogP contribution in [0, 0.1) is 5.92 Å². The molecule has 5 nitrogen and oxygen atoms in total. The first-order valence-electron chi connectivity index (χ1n) is 10.1. The van der Waals surface area contributed by atoms with Gasteiger partial charge in [-0.05, 0) is 23.6 Å². The summed E-state index contributed by atoms with van der Waals surface area (Å²) in [5.74, 6) is 0.444. The summed E-state index contributed by atoms with van der Waals surface area (Å²) in [5.41, 5.74) is 2.74. The second-order valence-corrected chi connectivity index (χ2v) is 7.46. The first-order valence-corrected chi connectivity index (χ1v) is 10.1. The molecule has 1 amide bonds. The van der Waals surface area contributed by atoms with Gasteiger partial charge in [-0.15, -0.1) is 0 Å². The molecule has 2 saturated heterocycles. The van der Waals surface area contributed by atoms with Crippen molar-refractivity contribution >= 4 is 5.91 Å². The SMILES string of the molecule is O=C(NC[C@H]([C@H]1CCOC1)N1CCOCC1)c1ccccc1-c1ccccc1. The number of carbonyl (C=O) groups is 1. The second kappa shape index (κ2) is 9.32. The Morgan fingerprint density at radius 1 is 1.00 bits per heavy atom. The molecule has 2 fully saturated rings. The van der Waals surface area contributed by atoms with Gasteiger partial charge in [-0.2, -0.15) is 0 Å². The van der Waals surface area contributed by atoms with E-state index in [9.17, 15) is 4.79 Å². The molecular weight excluding hydrogens is 352 g/mol. The summed E-state index contributed by atoms with van der Waals surface area (Å²) in [4.78, 5) is 15.5. The van der Waals surface area contributed by atoms with E-state index in [0.717, 1.165) is 62.6 Å². The smallest absolute Gasteiger partial charge is 0.251 e. The van der Waals surface area contributed by atoms with Crippen molar-refractivity contribution in [1.82, 2.24) is 10.2 Å². The number of morpholine rings is 1. The highest BCUT2D eigenvalue weighted by Crippen LogP contribution is 2.24. The summed E-state index contributed by atoms with van der Waals surface area (Å²) in [6.45, 7) is 5.57. The largest absolute Gasteiger partial charge is 0.381 e. The minimum absolute atomic E-state index is 0.0170. The lowest BCUT2D eigenvalue weighted by molar-refractivity contribution is 0.00166. The van der Waals surface area contributed by atoms with Crippen molar-refractivity contribution in [3.8, 4) is 11.1 Å². The van der Waals surface area contributed by atoms with Crippen LogP contribution < -0.4 is 5.32 Å². The molecule has 148 valence electrons. The summed E-state index contributed by atoms with van der Waals surface area (Å²) in [6, 6.07) is 18.2. The molecule has 0 bridgehead atoms. The highest BCUT2D eigenvalue weighted by molar-refractivity contribution is 6.00. The zero-order chi connectivity index (χ0) is 19.2. The van der Waals surface area contributed by atoms with E-state index in [1.165, 1.54) is 0 Å². The Kier molecular flexibility index (Phi) is 6.37. The summed E-state index contributed by atoms with van der Waals surface area (Å²) in [7, 11) is 0.